The average Bonchev–Trinajstić information content (AvgIpc) is 3.02. The molecule has 1 N–H and O–H groups in total. The zero-order valence-corrected chi connectivity index (χ0v) is 16.1. The number of halogens is 1. The van der Waals surface area contributed by atoms with Crippen molar-refractivity contribution in [3.8, 4) is 0 Å². The van der Waals surface area contributed by atoms with Crippen LogP contribution in [0.5, 0.6) is 0 Å². The van der Waals surface area contributed by atoms with E-state index in [1.807, 2.05) is 11.8 Å². The van der Waals surface area contributed by atoms with E-state index in [1.165, 1.54) is 25.7 Å². The van der Waals surface area contributed by atoms with Crippen molar-refractivity contribution in [3.63, 3.8) is 0 Å². The van der Waals surface area contributed by atoms with Crippen molar-refractivity contribution in [1.29, 1.82) is 0 Å². The first-order valence-electron chi connectivity index (χ1n) is 7.98. The van der Waals surface area contributed by atoms with Crippen LogP contribution in [0.2, 0.25) is 5.02 Å². The van der Waals surface area contributed by atoms with Crippen LogP contribution >= 0.6 is 23.4 Å². The molecule has 8 heteroatoms. The number of benzene rings is 1. The van der Waals surface area contributed by atoms with Gasteiger partial charge in [-0.3, -0.25) is 9.10 Å². The van der Waals surface area contributed by atoms with Gasteiger partial charge >= 0.3 is 0 Å². The Balaban J connectivity index is 1.87. The number of carbonyl (C=O) groups excluding carboxylic acids is 1. The summed E-state index contributed by atoms with van der Waals surface area (Å²) in [5, 5.41) is 3.79. The summed E-state index contributed by atoms with van der Waals surface area (Å²) < 4.78 is 25.0. The van der Waals surface area contributed by atoms with Crippen LogP contribution in [0.15, 0.2) is 24.3 Å². The van der Waals surface area contributed by atoms with Crippen LogP contribution in [-0.2, 0) is 14.8 Å². The Morgan fingerprint density at radius 1 is 1.33 bits per heavy atom. The number of hydrogen-bond donors (Lipinski definition) is 1. The monoisotopic (exact) mass is 390 g/mol. The van der Waals surface area contributed by atoms with E-state index in [4.69, 9.17) is 11.6 Å². The van der Waals surface area contributed by atoms with Crippen LogP contribution in [-0.4, -0.2) is 44.7 Å². The van der Waals surface area contributed by atoms with E-state index in [9.17, 15) is 13.2 Å². The molecule has 0 heterocycles. The lowest BCUT2D eigenvalue weighted by molar-refractivity contribution is -0.119. The molecular weight excluding hydrogens is 368 g/mol. The standard InChI is InChI=1S/C16H23ClN2O3S2/c1-24(21,22)19(15-9-5-4-8-14(15)17)12-16(20)18-10-11-23-13-6-2-3-7-13/h4-5,8-9,13H,2-3,6-7,10-12H2,1H3,(H,18,20). The molecule has 1 amide bonds. The number of sulfonamides is 1. The molecule has 0 saturated heterocycles. The van der Waals surface area contributed by atoms with Crippen LogP contribution < -0.4 is 9.62 Å². The average molecular weight is 391 g/mol. The highest BCUT2D eigenvalue weighted by molar-refractivity contribution is 7.99. The van der Waals surface area contributed by atoms with E-state index in [0.29, 0.717) is 22.5 Å². The topological polar surface area (TPSA) is 66.5 Å². The molecule has 1 fully saturated rings. The molecule has 0 radical (unpaired) electrons. The Bertz CT molecular complexity index is 661. The molecule has 0 unspecified atom stereocenters. The zero-order chi connectivity index (χ0) is 17.6. The zero-order valence-electron chi connectivity index (χ0n) is 13.7. The highest BCUT2D eigenvalue weighted by Crippen LogP contribution is 2.29. The van der Waals surface area contributed by atoms with E-state index in [0.717, 1.165) is 16.3 Å². The van der Waals surface area contributed by atoms with Crippen LogP contribution in [0.1, 0.15) is 25.7 Å². The number of para-hydroxylation sites is 1. The summed E-state index contributed by atoms with van der Waals surface area (Å²) in [6, 6.07) is 6.60. The number of hydrogen-bond acceptors (Lipinski definition) is 4. The number of thioether (sulfide) groups is 1. The Labute approximate surface area is 153 Å². The molecular formula is C16H23ClN2O3S2. The first-order chi connectivity index (χ1) is 11.4. The van der Waals surface area contributed by atoms with Crippen molar-refractivity contribution >= 4 is 45.0 Å². The fourth-order valence-electron chi connectivity index (χ4n) is 2.69. The maximum atomic E-state index is 12.1. The smallest absolute Gasteiger partial charge is 0.240 e. The largest absolute Gasteiger partial charge is 0.354 e. The molecule has 1 aromatic rings. The molecule has 24 heavy (non-hydrogen) atoms. The lowest BCUT2D eigenvalue weighted by Gasteiger charge is -2.22. The SMILES string of the molecule is CS(=O)(=O)N(CC(=O)NCCSC1CCCC1)c1ccccc1Cl. The Hall–Kier alpha value is -0.920. The molecule has 0 atom stereocenters. The van der Waals surface area contributed by atoms with Crippen LogP contribution in [0.4, 0.5) is 5.69 Å². The molecule has 0 bridgehead atoms. The highest BCUT2D eigenvalue weighted by atomic mass is 35.5. The fraction of sp³-hybridized carbons (Fsp3) is 0.562. The quantitative estimate of drug-likeness (QED) is 0.693. The third-order valence-corrected chi connectivity index (χ3v) is 6.72. The summed E-state index contributed by atoms with van der Waals surface area (Å²) in [4.78, 5) is 12.1. The minimum absolute atomic E-state index is 0.267. The van der Waals surface area contributed by atoms with Gasteiger partial charge in [-0.1, -0.05) is 36.6 Å². The summed E-state index contributed by atoms with van der Waals surface area (Å²) in [6.07, 6.45) is 6.18. The van der Waals surface area contributed by atoms with Crippen LogP contribution in [0, 0.1) is 0 Å². The first-order valence-corrected chi connectivity index (χ1v) is 11.3. The number of nitrogens with one attached hydrogen (secondary N) is 1. The summed E-state index contributed by atoms with van der Waals surface area (Å²) in [6.45, 7) is 0.275. The van der Waals surface area contributed by atoms with Gasteiger partial charge in [-0.2, -0.15) is 11.8 Å². The fourth-order valence-corrected chi connectivity index (χ4v) is 5.07. The maximum absolute atomic E-state index is 12.1. The molecule has 2 rings (SSSR count). The highest BCUT2D eigenvalue weighted by Gasteiger charge is 2.22. The minimum Gasteiger partial charge on any atom is -0.354 e. The molecule has 0 spiro atoms. The normalized spacial score (nSPS) is 15.4. The van der Waals surface area contributed by atoms with E-state index >= 15 is 0 Å². The number of carbonyl (C=O) groups is 1. The second kappa shape index (κ2) is 8.97. The van der Waals surface area contributed by atoms with Gasteiger partial charge in [0, 0.05) is 17.5 Å². The van der Waals surface area contributed by atoms with Gasteiger partial charge < -0.3 is 5.32 Å². The van der Waals surface area contributed by atoms with Crippen LogP contribution in [0.25, 0.3) is 0 Å². The van der Waals surface area contributed by atoms with Crippen LogP contribution in [0.3, 0.4) is 0 Å². The molecule has 0 aromatic heterocycles. The maximum Gasteiger partial charge on any atom is 0.240 e. The van der Waals surface area contributed by atoms with Crippen molar-refractivity contribution in [2.24, 2.45) is 0 Å². The van der Waals surface area contributed by atoms with Crippen molar-refractivity contribution in [2.75, 3.05) is 29.4 Å². The summed E-state index contributed by atoms with van der Waals surface area (Å²) in [5.41, 5.74) is 0.317. The Morgan fingerprint density at radius 3 is 2.62 bits per heavy atom. The number of amides is 1. The van der Waals surface area contributed by atoms with E-state index in [-0.39, 0.29) is 12.5 Å². The van der Waals surface area contributed by atoms with E-state index < -0.39 is 10.0 Å². The molecule has 5 nitrogen and oxygen atoms in total. The van der Waals surface area contributed by atoms with Gasteiger partial charge in [0.1, 0.15) is 6.54 Å². The van der Waals surface area contributed by atoms with E-state index in [2.05, 4.69) is 5.32 Å². The Kier molecular flexibility index (Phi) is 7.25. The molecule has 1 aliphatic rings. The Morgan fingerprint density at radius 2 is 2.00 bits per heavy atom. The molecule has 1 aromatic carbocycles. The number of anilines is 1. The van der Waals surface area contributed by atoms with Gasteiger partial charge in [-0.25, -0.2) is 8.42 Å². The molecule has 1 saturated carbocycles. The first kappa shape index (κ1) is 19.4. The minimum atomic E-state index is -3.60. The van der Waals surface area contributed by atoms with Gasteiger partial charge in [0.05, 0.1) is 17.0 Å². The number of nitrogens with zero attached hydrogens (tertiary/aromatic N) is 1. The lowest BCUT2D eigenvalue weighted by atomic mass is 10.3. The summed E-state index contributed by atoms with van der Waals surface area (Å²) in [5.74, 6) is 0.522. The van der Waals surface area contributed by atoms with E-state index in [1.54, 1.807) is 24.3 Å². The molecule has 134 valence electrons. The van der Waals surface area contributed by atoms with Gasteiger partial charge in [-0.15, -0.1) is 0 Å². The van der Waals surface area contributed by atoms with Crippen molar-refractivity contribution in [3.05, 3.63) is 29.3 Å². The van der Waals surface area contributed by atoms with Crippen molar-refractivity contribution in [2.45, 2.75) is 30.9 Å². The molecule has 1 aliphatic carbocycles. The predicted molar refractivity (Wildman–Crippen MR) is 101 cm³/mol. The summed E-state index contributed by atoms with van der Waals surface area (Å²) in [7, 11) is -3.60. The van der Waals surface area contributed by atoms with Gasteiger partial charge in [0.15, 0.2) is 0 Å². The summed E-state index contributed by atoms with van der Waals surface area (Å²) >= 11 is 7.95. The second-order valence-electron chi connectivity index (χ2n) is 5.85. The van der Waals surface area contributed by atoms with Crippen molar-refractivity contribution in [1.82, 2.24) is 5.32 Å². The lowest BCUT2D eigenvalue weighted by Crippen LogP contribution is -2.41. The second-order valence-corrected chi connectivity index (χ2v) is 9.57. The van der Waals surface area contributed by atoms with Gasteiger partial charge in [0.2, 0.25) is 15.9 Å². The van der Waals surface area contributed by atoms with Gasteiger partial charge in [0.25, 0.3) is 0 Å². The third-order valence-electron chi connectivity index (χ3n) is 3.89. The third kappa shape index (κ3) is 5.86. The number of rotatable bonds is 8. The van der Waals surface area contributed by atoms with Crippen molar-refractivity contribution < 1.29 is 13.2 Å². The predicted octanol–water partition coefficient (Wildman–Crippen LogP) is 2.90. The van der Waals surface area contributed by atoms with Gasteiger partial charge in [-0.05, 0) is 25.0 Å². The molecule has 0 aliphatic heterocycles.